The van der Waals surface area contributed by atoms with Crippen molar-refractivity contribution in [1.29, 1.82) is 0 Å². The van der Waals surface area contributed by atoms with Crippen molar-refractivity contribution in [3.8, 4) is 0 Å². The Balaban J connectivity index is 2.15. The maximum atomic E-state index is 12.4. The Bertz CT molecular complexity index is 590. The molecule has 2 rings (SSSR count). The summed E-state index contributed by atoms with van der Waals surface area (Å²) in [6.45, 7) is 2.91. The van der Waals surface area contributed by atoms with Gasteiger partial charge in [0.15, 0.2) is 0 Å². The van der Waals surface area contributed by atoms with E-state index in [-0.39, 0.29) is 4.75 Å². The minimum atomic E-state index is -3.46. The quantitative estimate of drug-likeness (QED) is 0.805. The highest BCUT2D eigenvalue weighted by Crippen LogP contribution is 2.42. The molecule has 0 saturated heterocycles. The van der Waals surface area contributed by atoms with Crippen LogP contribution >= 0.6 is 11.8 Å². The molecule has 4 nitrogen and oxygen atoms in total. The highest BCUT2D eigenvalue weighted by Gasteiger charge is 2.37. The summed E-state index contributed by atoms with van der Waals surface area (Å²) in [5.74, 6) is 0. The molecule has 118 valence electrons. The van der Waals surface area contributed by atoms with Crippen LogP contribution in [0.5, 0.6) is 0 Å². The second kappa shape index (κ2) is 6.69. The largest absolute Gasteiger partial charge is 0.326 e. The van der Waals surface area contributed by atoms with Crippen LogP contribution in [0.15, 0.2) is 23.1 Å². The van der Waals surface area contributed by atoms with Crippen molar-refractivity contribution in [2.75, 3.05) is 12.8 Å². The second-order valence-corrected chi connectivity index (χ2v) is 8.59. The number of nitrogens with one attached hydrogen (secondary N) is 1. The topological polar surface area (TPSA) is 72.2 Å². The van der Waals surface area contributed by atoms with E-state index in [4.69, 9.17) is 5.73 Å². The SMILES string of the molecule is CCc1ccc(S(=O)(=O)NCC2(SC)CCC2)cc1CN. The highest BCUT2D eigenvalue weighted by atomic mass is 32.2. The molecule has 1 aromatic rings. The van der Waals surface area contributed by atoms with Crippen LogP contribution in [0.4, 0.5) is 0 Å². The molecule has 0 radical (unpaired) electrons. The monoisotopic (exact) mass is 328 g/mol. The van der Waals surface area contributed by atoms with Gasteiger partial charge < -0.3 is 5.73 Å². The van der Waals surface area contributed by atoms with E-state index in [2.05, 4.69) is 11.0 Å². The van der Waals surface area contributed by atoms with Crippen LogP contribution in [-0.4, -0.2) is 26.0 Å². The number of sulfonamides is 1. The first kappa shape index (κ1) is 16.8. The molecule has 0 amide bonds. The van der Waals surface area contributed by atoms with Crippen LogP contribution in [0.3, 0.4) is 0 Å². The minimum Gasteiger partial charge on any atom is -0.326 e. The van der Waals surface area contributed by atoms with Gasteiger partial charge in [0.1, 0.15) is 0 Å². The van der Waals surface area contributed by atoms with Crippen molar-refractivity contribution in [3.05, 3.63) is 29.3 Å². The molecule has 0 bridgehead atoms. The molecule has 1 aromatic carbocycles. The molecular weight excluding hydrogens is 304 g/mol. The molecular formula is C15H24N2O2S2. The Morgan fingerprint density at radius 2 is 2.05 bits per heavy atom. The van der Waals surface area contributed by atoms with Crippen LogP contribution in [0.2, 0.25) is 0 Å². The Morgan fingerprint density at radius 1 is 1.33 bits per heavy atom. The summed E-state index contributed by atoms with van der Waals surface area (Å²) in [5.41, 5.74) is 7.73. The molecule has 1 saturated carbocycles. The van der Waals surface area contributed by atoms with Gasteiger partial charge in [-0.2, -0.15) is 11.8 Å². The van der Waals surface area contributed by atoms with Gasteiger partial charge in [-0.3, -0.25) is 0 Å². The molecule has 0 atom stereocenters. The standard InChI is InChI=1S/C15H24N2O2S2/c1-3-12-5-6-14(9-13(12)10-16)21(18,19)17-11-15(20-2)7-4-8-15/h5-6,9,17H,3-4,7-8,10-11,16H2,1-2H3. The average Bonchev–Trinajstić information content (AvgIpc) is 2.45. The molecule has 0 aromatic heterocycles. The zero-order chi connectivity index (χ0) is 15.5. The Morgan fingerprint density at radius 3 is 2.52 bits per heavy atom. The molecule has 6 heteroatoms. The maximum absolute atomic E-state index is 12.4. The van der Waals surface area contributed by atoms with Crippen molar-refractivity contribution in [2.45, 2.75) is 48.8 Å². The Kier molecular flexibility index (Phi) is 5.35. The summed E-state index contributed by atoms with van der Waals surface area (Å²) < 4.78 is 27.7. The van der Waals surface area contributed by atoms with E-state index in [0.29, 0.717) is 18.0 Å². The lowest BCUT2D eigenvalue weighted by Crippen LogP contribution is -2.45. The molecule has 21 heavy (non-hydrogen) atoms. The number of benzene rings is 1. The number of hydrogen-bond donors (Lipinski definition) is 2. The zero-order valence-electron chi connectivity index (χ0n) is 12.7. The summed E-state index contributed by atoms with van der Waals surface area (Å²) in [5, 5.41) is 0. The van der Waals surface area contributed by atoms with E-state index in [0.717, 1.165) is 30.4 Å². The first-order chi connectivity index (χ1) is 9.96. The molecule has 1 aliphatic carbocycles. The van der Waals surface area contributed by atoms with E-state index >= 15 is 0 Å². The molecule has 0 heterocycles. The molecule has 1 aliphatic rings. The summed E-state index contributed by atoms with van der Waals surface area (Å²) >= 11 is 1.76. The van der Waals surface area contributed by atoms with E-state index in [1.165, 1.54) is 6.42 Å². The van der Waals surface area contributed by atoms with Crippen LogP contribution in [0, 0.1) is 0 Å². The summed E-state index contributed by atoms with van der Waals surface area (Å²) in [4.78, 5) is 0.315. The first-order valence-corrected chi connectivity index (χ1v) is 10.0. The van der Waals surface area contributed by atoms with Crippen LogP contribution in [0.1, 0.15) is 37.3 Å². The highest BCUT2D eigenvalue weighted by molar-refractivity contribution is 8.00. The van der Waals surface area contributed by atoms with E-state index in [1.807, 2.05) is 13.0 Å². The van der Waals surface area contributed by atoms with Gasteiger partial charge in [-0.1, -0.05) is 19.4 Å². The third-order valence-corrected chi connectivity index (χ3v) is 7.19. The predicted molar refractivity (Wildman–Crippen MR) is 89.0 cm³/mol. The van der Waals surface area contributed by atoms with Gasteiger partial charge >= 0.3 is 0 Å². The van der Waals surface area contributed by atoms with Crippen LogP contribution in [-0.2, 0) is 23.0 Å². The Labute approximate surface area is 131 Å². The summed E-state index contributed by atoms with van der Waals surface area (Å²) in [6.07, 6.45) is 6.26. The van der Waals surface area contributed by atoms with Crippen molar-refractivity contribution >= 4 is 21.8 Å². The normalized spacial score (nSPS) is 17.5. The van der Waals surface area contributed by atoms with Crippen LogP contribution in [0.25, 0.3) is 0 Å². The molecule has 1 fully saturated rings. The fourth-order valence-corrected chi connectivity index (χ4v) is 4.82. The molecule has 0 aliphatic heterocycles. The predicted octanol–water partition coefficient (Wildman–Crippen LogP) is 2.27. The second-order valence-electron chi connectivity index (χ2n) is 5.55. The number of thioether (sulfide) groups is 1. The van der Waals surface area contributed by atoms with Gasteiger partial charge in [0.05, 0.1) is 4.90 Å². The molecule has 3 N–H and O–H groups in total. The van der Waals surface area contributed by atoms with Gasteiger partial charge in [-0.05, 0) is 48.8 Å². The van der Waals surface area contributed by atoms with Crippen molar-refractivity contribution in [3.63, 3.8) is 0 Å². The average molecular weight is 329 g/mol. The third kappa shape index (κ3) is 3.62. The smallest absolute Gasteiger partial charge is 0.240 e. The number of rotatable bonds is 7. The van der Waals surface area contributed by atoms with Crippen molar-refractivity contribution in [2.24, 2.45) is 5.73 Å². The number of nitrogens with two attached hydrogens (primary N) is 1. The lowest BCUT2D eigenvalue weighted by atomic mass is 9.84. The van der Waals surface area contributed by atoms with Gasteiger partial charge in [0.2, 0.25) is 10.0 Å². The van der Waals surface area contributed by atoms with E-state index < -0.39 is 10.0 Å². The lowest BCUT2D eigenvalue weighted by Gasteiger charge is -2.40. The van der Waals surface area contributed by atoms with E-state index in [9.17, 15) is 8.42 Å². The van der Waals surface area contributed by atoms with Gasteiger partial charge in [-0.15, -0.1) is 0 Å². The summed E-state index contributed by atoms with van der Waals surface area (Å²) in [6, 6.07) is 5.24. The van der Waals surface area contributed by atoms with Gasteiger partial charge in [0, 0.05) is 17.8 Å². The maximum Gasteiger partial charge on any atom is 0.240 e. The van der Waals surface area contributed by atoms with E-state index in [1.54, 1.807) is 23.9 Å². The first-order valence-electron chi connectivity index (χ1n) is 7.33. The van der Waals surface area contributed by atoms with Crippen molar-refractivity contribution < 1.29 is 8.42 Å². The van der Waals surface area contributed by atoms with Gasteiger partial charge in [0.25, 0.3) is 0 Å². The molecule has 0 spiro atoms. The fourth-order valence-electron chi connectivity index (χ4n) is 2.64. The Hall–Kier alpha value is -0.560. The summed E-state index contributed by atoms with van der Waals surface area (Å²) in [7, 11) is -3.46. The fraction of sp³-hybridized carbons (Fsp3) is 0.600. The third-order valence-electron chi connectivity index (χ3n) is 4.37. The van der Waals surface area contributed by atoms with Gasteiger partial charge in [-0.25, -0.2) is 13.1 Å². The number of hydrogen-bond acceptors (Lipinski definition) is 4. The van der Waals surface area contributed by atoms with Crippen LogP contribution < -0.4 is 10.5 Å². The zero-order valence-corrected chi connectivity index (χ0v) is 14.3. The molecule has 0 unspecified atom stereocenters. The minimum absolute atomic E-state index is 0.0904. The van der Waals surface area contributed by atoms with Crippen molar-refractivity contribution in [1.82, 2.24) is 4.72 Å². The number of aryl methyl sites for hydroxylation is 1. The lowest BCUT2D eigenvalue weighted by molar-refractivity contribution is 0.362.